The second-order valence-electron chi connectivity index (χ2n) is 3.39. The van der Waals surface area contributed by atoms with E-state index in [1.165, 1.54) is 5.56 Å². The van der Waals surface area contributed by atoms with Gasteiger partial charge in [0.2, 0.25) is 0 Å². The van der Waals surface area contributed by atoms with Crippen LogP contribution in [-0.4, -0.2) is 13.1 Å². The molecule has 1 atom stereocenters. The second-order valence-corrected chi connectivity index (χ2v) is 3.39. The molecule has 0 saturated carbocycles. The summed E-state index contributed by atoms with van der Waals surface area (Å²) in [7, 11) is 0. The van der Waals surface area contributed by atoms with E-state index in [1.54, 1.807) is 0 Å². The molecule has 1 fully saturated rings. The van der Waals surface area contributed by atoms with Crippen LogP contribution < -0.4 is 5.32 Å². The maximum atomic E-state index is 8.91. The molecule has 0 spiro atoms. The summed E-state index contributed by atoms with van der Waals surface area (Å²) >= 11 is 0. The Bertz CT molecular complexity index is 332. The van der Waals surface area contributed by atoms with Gasteiger partial charge in [-0.05, 0) is 30.5 Å². The van der Waals surface area contributed by atoms with Crippen molar-refractivity contribution in [3.63, 3.8) is 0 Å². The molecule has 0 aromatic heterocycles. The minimum atomic E-state index is 0.538. The molecule has 0 radical (unpaired) electrons. The van der Waals surface area contributed by atoms with Gasteiger partial charge in [0.25, 0.3) is 0 Å². The Labute approximate surface area is 78.2 Å². The van der Waals surface area contributed by atoms with Gasteiger partial charge in [-0.2, -0.15) is 5.26 Å². The number of hydrogen-bond donors (Lipinski definition) is 1. The summed E-state index contributed by atoms with van der Waals surface area (Å²) in [6.07, 6.45) is 1.15. The first-order valence-corrected chi connectivity index (χ1v) is 4.61. The van der Waals surface area contributed by atoms with Crippen LogP contribution in [-0.2, 0) is 0 Å². The Morgan fingerprint density at radius 1 is 1.38 bits per heavy atom. The van der Waals surface area contributed by atoms with Gasteiger partial charge in [-0.25, -0.2) is 0 Å². The van der Waals surface area contributed by atoms with E-state index in [2.05, 4.69) is 17.5 Å². The molecule has 2 heteroatoms. The molecule has 2 rings (SSSR count). The fraction of sp³-hybridized carbons (Fsp3) is 0.364. The average Bonchev–Trinajstić information content (AvgIpc) is 2.70. The smallest absolute Gasteiger partial charge is 0.0994 e. The number of rotatable bonds is 1. The van der Waals surface area contributed by atoms with E-state index in [9.17, 15) is 0 Å². The van der Waals surface area contributed by atoms with E-state index in [-0.39, 0.29) is 0 Å². The maximum Gasteiger partial charge on any atom is 0.0994 e. The molecule has 2 nitrogen and oxygen atoms in total. The molecule has 66 valence electrons. The lowest BCUT2D eigenvalue weighted by Crippen LogP contribution is -2.08. The summed E-state index contributed by atoms with van der Waals surface area (Å²) in [6.45, 7) is 2.09. The highest BCUT2D eigenvalue weighted by Gasteiger charge is 2.18. The number of nitrogens with zero attached hydrogens (tertiary/aromatic N) is 1. The van der Waals surface area contributed by atoms with Crippen molar-refractivity contribution in [3.05, 3.63) is 35.4 Å². The summed E-state index contributed by atoms with van der Waals surface area (Å²) in [4.78, 5) is 0. The van der Waals surface area contributed by atoms with E-state index in [0.29, 0.717) is 5.92 Å². The Balaban J connectivity index is 2.33. The van der Waals surface area contributed by atoms with E-state index in [4.69, 9.17) is 5.26 Å². The highest BCUT2D eigenvalue weighted by molar-refractivity contribution is 5.40. The van der Waals surface area contributed by atoms with Crippen molar-refractivity contribution in [3.8, 4) is 6.07 Å². The van der Waals surface area contributed by atoms with Crippen LogP contribution in [0.25, 0.3) is 0 Å². The van der Waals surface area contributed by atoms with Gasteiger partial charge in [0.1, 0.15) is 0 Å². The number of nitriles is 1. The van der Waals surface area contributed by atoms with Crippen molar-refractivity contribution >= 4 is 0 Å². The largest absolute Gasteiger partial charge is 0.316 e. The zero-order valence-corrected chi connectivity index (χ0v) is 7.46. The van der Waals surface area contributed by atoms with Crippen molar-refractivity contribution in [1.82, 2.24) is 5.32 Å². The molecule has 1 aromatic carbocycles. The topological polar surface area (TPSA) is 35.8 Å². The normalized spacial score (nSPS) is 21.3. The molecule has 0 aliphatic carbocycles. The summed E-state index contributed by atoms with van der Waals surface area (Å²) in [5.74, 6) is 0.538. The summed E-state index contributed by atoms with van der Waals surface area (Å²) in [6, 6.07) is 10.1. The van der Waals surface area contributed by atoms with Crippen LogP contribution in [0.5, 0.6) is 0 Å². The predicted molar refractivity (Wildman–Crippen MR) is 51.4 cm³/mol. The van der Waals surface area contributed by atoms with Gasteiger partial charge in [-0.1, -0.05) is 18.2 Å². The Hall–Kier alpha value is -1.33. The van der Waals surface area contributed by atoms with Gasteiger partial charge >= 0.3 is 0 Å². The first-order chi connectivity index (χ1) is 6.42. The minimum absolute atomic E-state index is 0.538. The van der Waals surface area contributed by atoms with E-state index in [0.717, 1.165) is 25.1 Å². The van der Waals surface area contributed by atoms with Gasteiger partial charge in [-0.15, -0.1) is 0 Å². The molecule has 1 saturated heterocycles. The maximum absolute atomic E-state index is 8.91. The minimum Gasteiger partial charge on any atom is -0.316 e. The predicted octanol–water partition coefficient (Wildman–Crippen LogP) is 1.64. The van der Waals surface area contributed by atoms with Gasteiger partial charge in [-0.3, -0.25) is 0 Å². The van der Waals surface area contributed by atoms with Crippen LogP contribution in [0.1, 0.15) is 23.5 Å². The highest BCUT2D eigenvalue weighted by Crippen LogP contribution is 2.24. The third kappa shape index (κ3) is 1.56. The van der Waals surface area contributed by atoms with Crippen LogP contribution in [0.2, 0.25) is 0 Å². The van der Waals surface area contributed by atoms with Crippen molar-refractivity contribution in [2.24, 2.45) is 0 Å². The van der Waals surface area contributed by atoms with E-state index >= 15 is 0 Å². The summed E-state index contributed by atoms with van der Waals surface area (Å²) < 4.78 is 0. The molecule has 0 unspecified atom stereocenters. The molecule has 1 N–H and O–H groups in total. The van der Waals surface area contributed by atoms with E-state index in [1.807, 2.05) is 18.2 Å². The lowest BCUT2D eigenvalue weighted by Gasteiger charge is -2.09. The van der Waals surface area contributed by atoms with Crippen molar-refractivity contribution in [2.45, 2.75) is 12.3 Å². The Morgan fingerprint density at radius 3 is 2.92 bits per heavy atom. The van der Waals surface area contributed by atoms with Crippen LogP contribution >= 0.6 is 0 Å². The molecule has 0 bridgehead atoms. The molecule has 1 aliphatic heterocycles. The first-order valence-electron chi connectivity index (χ1n) is 4.61. The summed E-state index contributed by atoms with van der Waals surface area (Å²) in [5.41, 5.74) is 2.03. The van der Waals surface area contributed by atoms with Gasteiger partial charge < -0.3 is 5.32 Å². The molecule has 0 amide bonds. The van der Waals surface area contributed by atoms with Crippen molar-refractivity contribution in [1.29, 1.82) is 5.26 Å². The number of benzene rings is 1. The lowest BCUT2D eigenvalue weighted by molar-refractivity contribution is 0.761. The van der Waals surface area contributed by atoms with Gasteiger partial charge in [0, 0.05) is 6.54 Å². The fourth-order valence-electron chi connectivity index (χ4n) is 1.87. The quantitative estimate of drug-likeness (QED) is 0.699. The van der Waals surface area contributed by atoms with Crippen LogP contribution in [0.3, 0.4) is 0 Å². The van der Waals surface area contributed by atoms with Crippen LogP contribution in [0.15, 0.2) is 24.3 Å². The molecule has 1 heterocycles. The zero-order chi connectivity index (χ0) is 9.10. The molecular weight excluding hydrogens is 160 g/mol. The van der Waals surface area contributed by atoms with E-state index < -0.39 is 0 Å². The first kappa shape index (κ1) is 8.28. The Morgan fingerprint density at radius 2 is 2.23 bits per heavy atom. The zero-order valence-electron chi connectivity index (χ0n) is 7.46. The molecule has 13 heavy (non-hydrogen) atoms. The SMILES string of the molecule is N#Cc1ccccc1[C@H]1CCNC1. The average molecular weight is 172 g/mol. The van der Waals surface area contributed by atoms with Gasteiger partial charge in [0.15, 0.2) is 0 Å². The second kappa shape index (κ2) is 3.59. The highest BCUT2D eigenvalue weighted by atomic mass is 14.9. The third-order valence-electron chi connectivity index (χ3n) is 2.58. The third-order valence-corrected chi connectivity index (χ3v) is 2.58. The Kier molecular flexibility index (Phi) is 2.29. The fourth-order valence-corrected chi connectivity index (χ4v) is 1.87. The molecular formula is C11H12N2. The van der Waals surface area contributed by atoms with Crippen LogP contribution in [0, 0.1) is 11.3 Å². The molecule has 1 aromatic rings. The molecule has 1 aliphatic rings. The lowest BCUT2D eigenvalue weighted by atomic mass is 9.94. The monoisotopic (exact) mass is 172 g/mol. The standard InChI is InChI=1S/C11H12N2/c12-7-9-3-1-2-4-11(9)10-5-6-13-8-10/h1-4,10,13H,5-6,8H2/t10-/m0/s1. The van der Waals surface area contributed by atoms with Crippen LogP contribution in [0.4, 0.5) is 0 Å². The van der Waals surface area contributed by atoms with Crippen molar-refractivity contribution in [2.75, 3.05) is 13.1 Å². The number of nitrogens with one attached hydrogen (secondary N) is 1. The number of hydrogen-bond acceptors (Lipinski definition) is 2. The van der Waals surface area contributed by atoms with Gasteiger partial charge in [0.05, 0.1) is 11.6 Å². The summed E-state index contributed by atoms with van der Waals surface area (Å²) in [5, 5.41) is 12.2. The van der Waals surface area contributed by atoms with Crippen molar-refractivity contribution < 1.29 is 0 Å².